The quantitative estimate of drug-likeness (QED) is 0.743. The van der Waals surface area contributed by atoms with Gasteiger partial charge in [-0.05, 0) is 38.8 Å². The van der Waals surface area contributed by atoms with Gasteiger partial charge < -0.3 is 18.9 Å². The Kier molecular flexibility index (Phi) is 5.46. The third-order valence-electron chi connectivity index (χ3n) is 5.72. The lowest BCUT2D eigenvalue weighted by Crippen LogP contribution is -2.53. The molecule has 0 unspecified atom stereocenters. The molecule has 0 radical (unpaired) electrons. The maximum Gasteiger partial charge on any atom is 0.164 e. The molecule has 1 saturated heterocycles. The lowest BCUT2D eigenvalue weighted by Gasteiger charge is -2.42. The number of benzene rings is 2. The fourth-order valence-electron chi connectivity index (χ4n) is 3.90. The molecule has 0 saturated carbocycles. The molecule has 4 atom stereocenters. The van der Waals surface area contributed by atoms with Gasteiger partial charge in [0.1, 0.15) is 23.4 Å². The molecular formula is C23H30O4. The summed E-state index contributed by atoms with van der Waals surface area (Å²) in [6, 6.07) is 20.3. The van der Waals surface area contributed by atoms with E-state index in [1.165, 1.54) is 0 Å². The molecule has 1 aliphatic heterocycles. The summed E-state index contributed by atoms with van der Waals surface area (Å²) in [7, 11) is 3.43. The summed E-state index contributed by atoms with van der Waals surface area (Å²) in [5.41, 5.74) is 0.674. The monoisotopic (exact) mass is 370 g/mol. The second-order valence-electron chi connectivity index (χ2n) is 7.83. The average Bonchev–Trinajstić information content (AvgIpc) is 3.04. The molecule has 0 bridgehead atoms. The van der Waals surface area contributed by atoms with Crippen LogP contribution in [0.15, 0.2) is 60.7 Å². The molecule has 4 nitrogen and oxygen atoms in total. The Hall–Kier alpha value is -1.72. The van der Waals surface area contributed by atoms with Gasteiger partial charge in [-0.15, -0.1) is 0 Å². The Labute approximate surface area is 162 Å². The van der Waals surface area contributed by atoms with Crippen LogP contribution in [0.4, 0.5) is 0 Å². The van der Waals surface area contributed by atoms with E-state index in [2.05, 4.69) is 24.3 Å². The maximum absolute atomic E-state index is 6.41. The fraction of sp³-hybridized carbons (Fsp3) is 0.478. The lowest BCUT2D eigenvalue weighted by atomic mass is 9.78. The Morgan fingerprint density at radius 3 is 1.33 bits per heavy atom. The molecule has 0 N–H and O–H groups in total. The topological polar surface area (TPSA) is 36.9 Å². The van der Waals surface area contributed by atoms with E-state index in [0.717, 1.165) is 11.1 Å². The first-order valence-electron chi connectivity index (χ1n) is 9.34. The normalized spacial score (nSPS) is 26.3. The van der Waals surface area contributed by atoms with Crippen molar-refractivity contribution in [3.8, 4) is 0 Å². The first-order chi connectivity index (χ1) is 12.8. The van der Waals surface area contributed by atoms with Crippen LogP contribution in [-0.2, 0) is 30.1 Å². The largest absolute Gasteiger partial charge is 0.371 e. The molecule has 146 valence electrons. The molecule has 0 aliphatic carbocycles. The first-order valence-corrected chi connectivity index (χ1v) is 9.34. The average molecular weight is 370 g/mol. The minimum absolute atomic E-state index is 0.370. The fourth-order valence-corrected chi connectivity index (χ4v) is 3.90. The van der Waals surface area contributed by atoms with E-state index in [1.807, 2.05) is 64.1 Å². The number of hydrogen-bond donors (Lipinski definition) is 0. The van der Waals surface area contributed by atoms with Crippen molar-refractivity contribution in [1.82, 2.24) is 0 Å². The van der Waals surface area contributed by atoms with Gasteiger partial charge in [0.05, 0.1) is 0 Å². The van der Waals surface area contributed by atoms with Gasteiger partial charge in [0.25, 0.3) is 0 Å². The highest BCUT2D eigenvalue weighted by Gasteiger charge is 2.58. The summed E-state index contributed by atoms with van der Waals surface area (Å²) in [6.45, 7) is 7.96. The Morgan fingerprint density at radius 2 is 1.04 bits per heavy atom. The van der Waals surface area contributed by atoms with Crippen LogP contribution in [-0.4, -0.2) is 32.2 Å². The van der Waals surface area contributed by atoms with Crippen molar-refractivity contribution in [3.05, 3.63) is 71.8 Å². The second kappa shape index (κ2) is 7.36. The van der Waals surface area contributed by atoms with E-state index in [9.17, 15) is 0 Å². The molecule has 2 aromatic carbocycles. The summed E-state index contributed by atoms with van der Waals surface area (Å²) in [5.74, 6) is -0.752. The number of methoxy groups -OCH3 is 2. The van der Waals surface area contributed by atoms with E-state index in [4.69, 9.17) is 18.9 Å². The zero-order valence-electron chi connectivity index (χ0n) is 17.1. The van der Waals surface area contributed by atoms with Gasteiger partial charge in [-0.1, -0.05) is 60.7 Å². The van der Waals surface area contributed by atoms with Crippen LogP contribution >= 0.6 is 0 Å². The molecule has 0 amide bonds. The maximum atomic E-state index is 6.41. The molecule has 27 heavy (non-hydrogen) atoms. The van der Waals surface area contributed by atoms with Crippen LogP contribution in [0.25, 0.3) is 0 Å². The van der Waals surface area contributed by atoms with Crippen LogP contribution in [0.2, 0.25) is 0 Å². The molecule has 0 spiro atoms. The predicted molar refractivity (Wildman–Crippen MR) is 105 cm³/mol. The van der Waals surface area contributed by atoms with Crippen molar-refractivity contribution < 1.29 is 18.9 Å². The van der Waals surface area contributed by atoms with Crippen molar-refractivity contribution >= 4 is 0 Å². The highest BCUT2D eigenvalue weighted by molar-refractivity contribution is 5.29. The smallest absolute Gasteiger partial charge is 0.164 e. The van der Waals surface area contributed by atoms with Crippen LogP contribution in [0.5, 0.6) is 0 Å². The van der Waals surface area contributed by atoms with Gasteiger partial charge in [-0.2, -0.15) is 0 Å². The molecule has 1 heterocycles. The summed E-state index contributed by atoms with van der Waals surface area (Å²) in [6.07, 6.45) is -0.741. The van der Waals surface area contributed by atoms with Crippen LogP contribution < -0.4 is 0 Å². The van der Waals surface area contributed by atoms with Crippen LogP contribution in [0.1, 0.15) is 38.8 Å². The van der Waals surface area contributed by atoms with Gasteiger partial charge in [0.2, 0.25) is 0 Å². The Balaban J connectivity index is 2.10. The van der Waals surface area contributed by atoms with E-state index in [1.54, 1.807) is 14.2 Å². The zero-order chi connectivity index (χ0) is 19.7. The molecule has 4 heteroatoms. The van der Waals surface area contributed by atoms with Gasteiger partial charge in [-0.3, -0.25) is 0 Å². The van der Waals surface area contributed by atoms with Crippen LogP contribution in [0, 0.1) is 0 Å². The minimum Gasteiger partial charge on any atom is -0.371 e. The van der Waals surface area contributed by atoms with Crippen LogP contribution in [0.3, 0.4) is 0 Å². The summed E-state index contributed by atoms with van der Waals surface area (Å²) in [5, 5.41) is 0. The van der Waals surface area contributed by atoms with Crippen molar-refractivity contribution in [1.29, 1.82) is 0 Å². The lowest BCUT2D eigenvalue weighted by molar-refractivity contribution is -0.180. The highest BCUT2D eigenvalue weighted by atomic mass is 16.8. The summed E-state index contributed by atoms with van der Waals surface area (Å²) < 4.78 is 24.9. The van der Waals surface area contributed by atoms with E-state index >= 15 is 0 Å². The zero-order valence-corrected chi connectivity index (χ0v) is 17.1. The van der Waals surface area contributed by atoms with Gasteiger partial charge in [0, 0.05) is 14.2 Å². The summed E-state index contributed by atoms with van der Waals surface area (Å²) in [4.78, 5) is 0. The summed E-state index contributed by atoms with van der Waals surface area (Å²) >= 11 is 0. The van der Waals surface area contributed by atoms with E-state index < -0.39 is 17.0 Å². The second-order valence-corrected chi connectivity index (χ2v) is 7.83. The van der Waals surface area contributed by atoms with E-state index in [-0.39, 0.29) is 12.2 Å². The predicted octanol–water partition coefficient (Wildman–Crippen LogP) is 4.63. The third-order valence-corrected chi connectivity index (χ3v) is 5.72. The van der Waals surface area contributed by atoms with Gasteiger partial charge >= 0.3 is 0 Å². The Bertz CT molecular complexity index is 682. The number of ether oxygens (including phenoxy) is 4. The SMILES string of the molecule is CO[C@](C)(c1ccccc1)[C@@H]1OC(C)(C)O[C@H]1[C@](C)(OC)c1ccccc1. The van der Waals surface area contributed by atoms with Gasteiger partial charge in [0.15, 0.2) is 5.79 Å². The van der Waals surface area contributed by atoms with Crippen molar-refractivity contribution in [2.45, 2.75) is 56.9 Å². The van der Waals surface area contributed by atoms with Crippen molar-refractivity contribution in [3.63, 3.8) is 0 Å². The minimum atomic E-state index is -0.752. The molecule has 1 fully saturated rings. The van der Waals surface area contributed by atoms with Crippen molar-refractivity contribution in [2.24, 2.45) is 0 Å². The van der Waals surface area contributed by atoms with E-state index in [0.29, 0.717) is 0 Å². The standard InChI is InChI=1S/C23H30O4/c1-21(2)26-19(22(3,24-5)17-13-9-7-10-14-17)20(27-21)23(4,25-6)18-15-11-8-12-16-18/h7-16,19-20H,1-6H3/t19-,20-,22-,23-/m1/s1. The van der Waals surface area contributed by atoms with Gasteiger partial charge in [-0.25, -0.2) is 0 Å². The Morgan fingerprint density at radius 1 is 0.704 bits per heavy atom. The number of hydrogen-bond acceptors (Lipinski definition) is 4. The third kappa shape index (κ3) is 3.55. The molecule has 0 aromatic heterocycles. The molecule has 3 rings (SSSR count). The molecular weight excluding hydrogens is 340 g/mol. The van der Waals surface area contributed by atoms with Crippen molar-refractivity contribution in [2.75, 3.05) is 14.2 Å². The molecule has 1 aliphatic rings. The first kappa shape index (κ1) is 20.0. The highest BCUT2D eigenvalue weighted by Crippen LogP contribution is 2.47. The molecule has 2 aromatic rings. The number of rotatable bonds is 6.